The average molecular weight is 583 g/mol. The minimum Gasteiger partial charge on any atom is -0.338 e. The minimum atomic E-state index is -3.56. The van der Waals surface area contributed by atoms with Gasteiger partial charge in [-0.05, 0) is 49.4 Å². The second-order valence-electron chi connectivity index (χ2n) is 9.13. The van der Waals surface area contributed by atoms with Crippen LogP contribution in [0.15, 0.2) is 63.9 Å². The van der Waals surface area contributed by atoms with Gasteiger partial charge in [0.25, 0.3) is 5.91 Å². The number of nitrogens with one attached hydrogen (secondary N) is 1. The molecule has 1 N–H and O–H groups in total. The molecule has 0 aliphatic carbocycles. The summed E-state index contributed by atoms with van der Waals surface area (Å²) >= 11 is 0. The zero-order chi connectivity index (χ0) is 29.1. The third-order valence-electron chi connectivity index (χ3n) is 6.48. The Morgan fingerprint density at radius 3 is 2.30 bits per heavy atom. The summed E-state index contributed by atoms with van der Waals surface area (Å²) in [6.45, 7) is 3.72. The van der Waals surface area contributed by atoms with Crippen LogP contribution in [0.3, 0.4) is 0 Å². The summed E-state index contributed by atoms with van der Waals surface area (Å²) in [5, 5.41) is 12.0. The Balaban J connectivity index is 1.48. The van der Waals surface area contributed by atoms with E-state index < -0.39 is 25.8 Å². The zero-order valence-corrected chi connectivity index (χ0v) is 24.2. The SMILES string of the molecule is CN=S(=O)(c1ccc(NC(=O)c2ccccc2N(C)S(C)(=O)=O)cc1)N1CCN(c2nc(C)cc(C#N)n2)CC1. The molecule has 0 bridgehead atoms. The van der Waals surface area contributed by atoms with Crippen molar-refractivity contribution in [2.75, 3.05) is 61.1 Å². The van der Waals surface area contributed by atoms with Crippen molar-refractivity contribution in [3.05, 3.63) is 71.5 Å². The topological polar surface area (TPSA) is 152 Å². The third-order valence-corrected chi connectivity index (χ3v) is 10.1. The summed E-state index contributed by atoms with van der Waals surface area (Å²) in [7, 11) is -3.57. The second-order valence-corrected chi connectivity index (χ2v) is 13.5. The fourth-order valence-corrected chi connectivity index (χ4v) is 6.70. The molecule has 2 heterocycles. The summed E-state index contributed by atoms with van der Waals surface area (Å²) in [6, 6.07) is 16.7. The number of aryl methyl sites for hydroxylation is 1. The number of aromatic nitrogens is 2. The van der Waals surface area contributed by atoms with E-state index in [1.54, 1.807) is 54.6 Å². The molecule has 210 valence electrons. The number of rotatable bonds is 7. The van der Waals surface area contributed by atoms with Crippen molar-refractivity contribution in [1.82, 2.24) is 14.3 Å². The van der Waals surface area contributed by atoms with Crippen molar-refractivity contribution in [2.24, 2.45) is 4.36 Å². The van der Waals surface area contributed by atoms with E-state index in [0.29, 0.717) is 54.1 Å². The molecule has 1 unspecified atom stereocenters. The molecule has 40 heavy (non-hydrogen) atoms. The second kappa shape index (κ2) is 11.6. The molecule has 1 amide bonds. The Labute approximate surface area is 234 Å². The fraction of sp³-hybridized carbons (Fsp3) is 0.308. The number of amides is 1. The van der Waals surface area contributed by atoms with Crippen molar-refractivity contribution in [1.29, 1.82) is 5.26 Å². The predicted molar refractivity (Wildman–Crippen MR) is 154 cm³/mol. The van der Waals surface area contributed by atoms with Crippen LogP contribution in [0.2, 0.25) is 0 Å². The Morgan fingerprint density at radius 2 is 1.70 bits per heavy atom. The molecule has 1 atom stereocenters. The van der Waals surface area contributed by atoms with Crippen molar-refractivity contribution < 1.29 is 17.4 Å². The van der Waals surface area contributed by atoms with Gasteiger partial charge in [0.2, 0.25) is 16.0 Å². The monoisotopic (exact) mass is 582 g/mol. The van der Waals surface area contributed by atoms with Crippen LogP contribution in [0.5, 0.6) is 0 Å². The summed E-state index contributed by atoms with van der Waals surface area (Å²) in [6.07, 6.45) is 1.07. The molecule has 2 aromatic carbocycles. The first-order valence-corrected chi connectivity index (χ1v) is 15.6. The lowest BCUT2D eigenvalue weighted by atomic mass is 10.1. The van der Waals surface area contributed by atoms with Gasteiger partial charge in [0.1, 0.15) is 21.7 Å². The van der Waals surface area contributed by atoms with E-state index in [1.807, 2.05) is 22.2 Å². The molecule has 1 fully saturated rings. The number of sulfonamides is 1. The number of para-hydroxylation sites is 1. The van der Waals surface area contributed by atoms with Crippen LogP contribution in [0.1, 0.15) is 21.7 Å². The van der Waals surface area contributed by atoms with Crippen molar-refractivity contribution in [3.8, 4) is 6.07 Å². The van der Waals surface area contributed by atoms with Crippen LogP contribution in [0.4, 0.5) is 17.3 Å². The fourth-order valence-electron chi connectivity index (χ4n) is 4.29. The van der Waals surface area contributed by atoms with Crippen LogP contribution in [-0.2, 0) is 19.9 Å². The Hall–Kier alpha value is -4.06. The van der Waals surface area contributed by atoms with Gasteiger partial charge in [-0.3, -0.25) is 9.10 Å². The number of hydrogen-bond acceptors (Lipinski definition) is 9. The largest absolute Gasteiger partial charge is 0.338 e. The minimum absolute atomic E-state index is 0.198. The third kappa shape index (κ3) is 6.06. The van der Waals surface area contributed by atoms with E-state index >= 15 is 0 Å². The molecule has 4 rings (SSSR count). The average Bonchev–Trinajstić information content (AvgIpc) is 2.96. The highest BCUT2D eigenvalue weighted by Gasteiger charge is 2.28. The maximum absolute atomic E-state index is 14.0. The van der Waals surface area contributed by atoms with Crippen molar-refractivity contribution in [2.45, 2.75) is 11.8 Å². The summed E-state index contributed by atoms with van der Waals surface area (Å²) < 4.78 is 45.2. The van der Waals surface area contributed by atoms with Gasteiger partial charge in [-0.1, -0.05) is 12.1 Å². The number of nitriles is 1. The van der Waals surface area contributed by atoms with E-state index in [9.17, 15) is 22.7 Å². The Kier molecular flexibility index (Phi) is 8.38. The van der Waals surface area contributed by atoms with Gasteiger partial charge >= 0.3 is 0 Å². The molecule has 3 aromatic rings. The number of carbonyl (C=O) groups is 1. The standard InChI is InChI=1S/C26H30N8O4S2/c1-19-17-21(18-27)31-26(29-19)33-13-15-34(16-14-33)40(38,28-2)22-11-9-20(10-12-22)30-25(35)23-7-5-6-8-24(23)32(3)39(4,36)37/h5-12,17H,13-16H2,1-4H3,(H,30,35). The normalized spacial score (nSPS) is 15.5. The van der Waals surface area contributed by atoms with Gasteiger partial charge in [0, 0.05) is 51.7 Å². The van der Waals surface area contributed by atoms with E-state index in [0.717, 1.165) is 10.6 Å². The Bertz CT molecular complexity index is 1690. The van der Waals surface area contributed by atoms with E-state index in [2.05, 4.69) is 19.6 Å². The van der Waals surface area contributed by atoms with E-state index in [-0.39, 0.29) is 11.3 Å². The smallest absolute Gasteiger partial charge is 0.257 e. The lowest BCUT2D eigenvalue weighted by molar-refractivity contribution is 0.102. The highest BCUT2D eigenvalue weighted by Crippen LogP contribution is 2.25. The first-order chi connectivity index (χ1) is 19.0. The molecule has 12 nitrogen and oxygen atoms in total. The maximum Gasteiger partial charge on any atom is 0.257 e. The molecular weight excluding hydrogens is 552 g/mol. The van der Waals surface area contributed by atoms with Gasteiger partial charge < -0.3 is 10.2 Å². The number of hydrogen-bond donors (Lipinski definition) is 1. The zero-order valence-electron chi connectivity index (χ0n) is 22.6. The summed E-state index contributed by atoms with van der Waals surface area (Å²) in [4.78, 5) is 24.2. The van der Waals surface area contributed by atoms with Crippen LogP contribution in [0.25, 0.3) is 0 Å². The summed E-state index contributed by atoms with van der Waals surface area (Å²) in [5.74, 6) is -0.00524. The number of benzene rings is 2. The lowest BCUT2D eigenvalue weighted by Crippen LogP contribution is -2.49. The lowest BCUT2D eigenvalue weighted by Gasteiger charge is -2.35. The quantitative estimate of drug-likeness (QED) is 0.446. The Morgan fingerprint density at radius 1 is 1.05 bits per heavy atom. The van der Waals surface area contributed by atoms with Crippen LogP contribution < -0.4 is 14.5 Å². The molecule has 0 saturated carbocycles. The van der Waals surface area contributed by atoms with Crippen molar-refractivity contribution >= 4 is 43.2 Å². The van der Waals surface area contributed by atoms with Crippen LogP contribution in [0, 0.1) is 18.3 Å². The molecular formula is C26H30N8O4S2. The number of nitrogens with zero attached hydrogens (tertiary/aromatic N) is 7. The predicted octanol–water partition coefficient (Wildman–Crippen LogP) is 2.50. The highest BCUT2D eigenvalue weighted by molar-refractivity contribution is 7.92. The molecule has 1 saturated heterocycles. The maximum atomic E-state index is 14.0. The van der Waals surface area contributed by atoms with Gasteiger partial charge in [0.15, 0.2) is 0 Å². The van der Waals surface area contributed by atoms with Crippen LogP contribution in [-0.4, -0.2) is 79.3 Å². The van der Waals surface area contributed by atoms with Gasteiger partial charge in [0.05, 0.1) is 22.4 Å². The van der Waals surface area contributed by atoms with Crippen molar-refractivity contribution in [3.63, 3.8) is 0 Å². The molecule has 0 spiro atoms. The number of anilines is 3. The molecule has 1 aliphatic rings. The van der Waals surface area contributed by atoms with Gasteiger partial charge in [-0.15, -0.1) is 0 Å². The first-order valence-electron chi connectivity index (χ1n) is 12.3. The van der Waals surface area contributed by atoms with E-state index in [4.69, 9.17) is 0 Å². The molecule has 1 aliphatic heterocycles. The molecule has 0 radical (unpaired) electrons. The van der Waals surface area contributed by atoms with Gasteiger partial charge in [-0.25, -0.2) is 31.3 Å². The number of carbonyl (C=O) groups excluding carboxylic acids is 1. The highest BCUT2D eigenvalue weighted by atomic mass is 32.2. The number of piperazine rings is 1. The molecule has 1 aromatic heterocycles. The first kappa shape index (κ1) is 28.9. The van der Waals surface area contributed by atoms with Gasteiger partial charge in [-0.2, -0.15) is 5.26 Å². The van der Waals surface area contributed by atoms with E-state index in [1.165, 1.54) is 14.1 Å². The van der Waals surface area contributed by atoms with Crippen LogP contribution >= 0.6 is 0 Å². The molecule has 14 heteroatoms. The summed E-state index contributed by atoms with van der Waals surface area (Å²) in [5.41, 5.74) is 1.91.